The van der Waals surface area contributed by atoms with Crippen LogP contribution in [0.15, 0.2) is 29.8 Å². The molecule has 0 saturated carbocycles. The van der Waals surface area contributed by atoms with E-state index in [2.05, 4.69) is 27.5 Å². The molecule has 114 valence electrons. The Labute approximate surface area is 130 Å². The smallest absolute Gasteiger partial charge is 0.147 e. The number of nitrogens with one attached hydrogen (secondary N) is 1. The van der Waals surface area contributed by atoms with Gasteiger partial charge in [-0.3, -0.25) is 0 Å². The number of benzene rings is 1. The van der Waals surface area contributed by atoms with Crippen molar-refractivity contribution in [2.45, 2.75) is 32.4 Å². The molecule has 4 rings (SSSR count). The van der Waals surface area contributed by atoms with E-state index in [1.807, 2.05) is 29.8 Å². The third-order valence-corrected chi connectivity index (χ3v) is 4.27. The predicted octanol–water partition coefficient (Wildman–Crippen LogP) is 1.97. The Morgan fingerprint density at radius 1 is 1.36 bits per heavy atom. The number of hydrogen-bond acceptors (Lipinski definition) is 4. The number of para-hydroxylation sites is 1. The molecule has 1 aromatic heterocycles. The number of fused-ring (bicyclic) bond motifs is 2. The third kappa shape index (κ3) is 2.64. The number of aryl methyl sites for hydroxylation is 2. The quantitative estimate of drug-likeness (QED) is 0.941. The summed E-state index contributed by atoms with van der Waals surface area (Å²) in [5.41, 5.74) is 2.46. The highest BCUT2D eigenvalue weighted by atomic mass is 16.5. The van der Waals surface area contributed by atoms with Gasteiger partial charge in [0.25, 0.3) is 0 Å². The predicted molar refractivity (Wildman–Crippen MR) is 84.8 cm³/mol. The van der Waals surface area contributed by atoms with E-state index in [4.69, 9.17) is 4.74 Å². The van der Waals surface area contributed by atoms with Gasteiger partial charge in [-0.05, 0) is 31.1 Å². The largest absolute Gasteiger partial charge is 0.489 e. The van der Waals surface area contributed by atoms with Crippen LogP contribution < -0.4 is 10.1 Å². The van der Waals surface area contributed by atoms with Crippen molar-refractivity contribution in [3.05, 3.63) is 47.1 Å². The zero-order valence-electron chi connectivity index (χ0n) is 12.7. The molecule has 5 heteroatoms. The molecule has 0 fully saturated rings. The highest BCUT2D eigenvalue weighted by Gasteiger charge is 2.21. The average molecular weight is 296 g/mol. The lowest BCUT2D eigenvalue weighted by Gasteiger charge is -2.25. The summed E-state index contributed by atoms with van der Waals surface area (Å²) in [5, 5.41) is 8.09. The molecule has 5 nitrogen and oxygen atoms in total. The summed E-state index contributed by atoms with van der Waals surface area (Å²) in [6.07, 6.45) is 4.35. The number of nitrogens with zero attached hydrogens (tertiary/aromatic N) is 3. The highest BCUT2D eigenvalue weighted by molar-refractivity contribution is 5.62. The van der Waals surface area contributed by atoms with Gasteiger partial charge in [0, 0.05) is 24.6 Å². The van der Waals surface area contributed by atoms with Gasteiger partial charge < -0.3 is 10.1 Å². The van der Waals surface area contributed by atoms with Crippen molar-refractivity contribution in [1.29, 1.82) is 0 Å². The van der Waals surface area contributed by atoms with E-state index in [9.17, 15) is 0 Å². The van der Waals surface area contributed by atoms with Gasteiger partial charge in [-0.2, -0.15) is 5.10 Å². The molecule has 0 amide bonds. The average Bonchev–Trinajstić information content (AvgIpc) is 2.92. The Bertz CT molecular complexity index is 719. The standard InChI is InChI=1S/C17H20N4O/c1-12-19-17-7-6-15(10-21(17)20-12)18-9-13-8-14-4-2-3-5-16(14)22-11-13/h2-5,8,15,18H,6-7,9-11H2,1H3/t15-/m0/s1. The van der Waals surface area contributed by atoms with Crippen LogP contribution in [0, 0.1) is 6.92 Å². The van der Waals surface area contributed by atoms with E-state index in [-0.39, 0.29) is 0 Å². The van der Waals surface area contributed by atoms with Gasteiger partial charge in [-0.15, -0.1) is 0 Å². The lowest BCUT2D eigenvalue weighted by Crippen LogP contribution is -2.39. The molecular weight excluding hydrogens is 276 g/mol. The van der Waals surface area contributed by atoms with Crippen LogP contribution in [0.3, 0.4) is 0 Å². The Balaban J connectivity index is 1.39. The summed E-state index contributed by atoms with van der Waals surface area (Å²) in [7, 11) is 0. The van der Waals surface area contributed by atoms with Crippen molar-refractivity contribution in [1.82, 2.24) is 20.1 Å². The van der Waals surface area contributed by atoms with E-state index in [1.165, 1.54) is 11.1 Å². The molecule has 0 radical (unpaired) electrons. The zero-order chi connectivity index (χ0) is 14.9. The molecule has 0 bridgehead atoms. The Kier molecular flexibility index (Phi) is 3.42. The fourth-order valence-electron chi connectivity index (χ4n) is 3.14. The van der Waals surface area contributed by atoms with Gasteiger partial charge in [-0.1, -0.05) is 18.2 Å². The fourth-order valence-corrected chi connectivity index (χ4v) is 3.14. The maximum atomic E-state index is 5.80. The zero-order valence-corrected chi connectivity index (χ0v) is 12.7. The molecule has 0 spiro atoms. The van der Waals surface area contributed by atoms with E-state index < -0.39 is 0 Å². The fraction of sp³-hybridized carbons (Fsp3) is 0.412. The summed E-state index contributed by atoms with van der Waals surface area (Å²) >= 11 is 0. The van der Waals surface area contributed by atoms with Crippen LogP contribution in [0.25, 0.3) is 6.08 Å². The topological polar surface area (TPSA) is 52.0 Å². The van der Waals surface area contributed by atoms with E-state index in [0.29, 0.717) is 12.6 Å². The Hall–Kier alpha value is -2.14. The van der Waals surface area contributed by atoms with Crippen LogP contribution in [-0.2, 0) is 13.0 Å². The van der Waals surface area contributed by atoms with Crippen molar-refractivity contribution in [3.63, 3.8) is 0 Å². The molecule has 2 aliphatic rings. The van der Waals surface area contributed by atoms with Crippen LogP contribution in [-0.4, -0.2) is 34.0 Å². The molecule has 0 unspecified atom stereocenters. The number of rotatable bonds is 3. The number of ether oxygens (including phenoxy) is 1. The Morgan fingerprint density at radius 2 is 2.27 bits per heavy atom. The van der Waals surface area contributed by atoms with Crippen LogP contribution in [0.1, 0.15) is 23.6 Å². The summed E-state index contributed by atoms with van der Waals surface area (Å²) in [6.45, 7) is 4.39. The van der Waals surface area contributed by atoms with Crippen molar-refractivity contribution in [2.75, 3.05) is 13.2 Å². The summed E-state index contributed by atoms with van der Waals surface area (Å²) in [6, 6.07) is 8.62. The first kappa shape index (κ1) is 13.5. The van der Waals surface area contributed by atoms with Crippen molar-refractivity contribution >= 4 is 6.08 Å². The Morgan fingerprint density at radius 3 is 3.23 bits per heavy atom. The second kappa shape index (κ2) is 5.57. The lowest BCUT2D eigenvalue weighted by molar-refractivity contribution is 0.330. The van der Waals surface area contributed by atoms with Gasteiger partial charge in [0.05, 0.1) is 6.54 Å². The number of hydrogen-bond donors (Lipinski definition) is 1. The SMILES string of the molecule is Cc1nc2n(n1)C[C@@H](NCC1=Cc3ccccc3OC1)CC2. The second-order valence-electron chi connectivity index (χ2n) is 6.00. The van der Waals surface area contributed by atoms with Gasteiger partial charge >= 0.3 is 0 Å². The van der Waals surface area contributed by atoms with E-state index in [1.54, 1.807) is 0 Å². The monoisotopic (exact) mass is 296 g/mol. The van der Waals surface area contributed by atoms with Crippen molar-refractivity contribution in [2.24, 2.45) is 0 Å². The summed E-state index contributed by atoms with van der Waals surface area (Å²) in [4.78, 5) is 4.45. The minimum atomic E-state index is 0.451. The maximum absolute atomic E-state index is 5.80. The molecule has 1 aromatic carbocycles. The van der Waals surface area contributed by atoms with Crippen LogP contribution in [0.5, 0.6) is 5.75 Å². The van der Waals surface area contributed by atoms with Crippen molar-refractivity contribution in [3.8, 4) is 5.75 Å². The van der Waals surface area contributed by atoms with Crippen LogP contribution in [0.4, 0.5) is 0 Å². The summed E-state index contributed by atoms with van der Waals surface area (Å²) in [5.74, 6) is 2.96. The van der Waals surface area contributed by atoms with Gasteiger partial charge in [0.1, 0.15) is 24.0 Å². The number of aromatic nitrogens is 3. The molecule has 0 saturated heterocycles. The van der Waals surface area contributed by atoms with E-state index >= 15 is 0 Å². The minimum Gasteiger partial charge on any atom is -0.489 e. The molecule has 3 heterocycles. The molecule has 2 aromatic rings. The first-order chi connectivity index (χ1) is 10.8. The summed E-state index contributed by atoms with van der Waals surface area (Å²) < 4.78 is 7.84. The highest BCUT2D eigenvalue weighted by Crippen LogP contribution is 2.25. The second-order valence-corrected chi connectivity index (χ2v) is 6.00. The first-order valence-corrected chi connectivity index (χ1v) is 7.83. The molecule has 1 N–H and O–H groups in total. The van der Waals surface area contributed by atoms with Crippen LogP contribution >= 0.6 is 0 Å². The normalized spacial score (nSPS) is 19.9. The van der Waals surface area contributed by atoms with Gasteiger partial charge in [0.15, 0.2) is 0 Å². The molecule has 22 heavy (non-hydrogen) atoms. The van der Waals surface area contributed by atoms with E-state index in [0.717, 1.165) is 43.3 Å². The van der Waals surface area contributed by atoms with Gasteiger partial charge in [-0.25, -0.2) is 9.67 Å². The van der Waals surface area contributed by atoms with Gasteiger partial charge in [0.2, 0.25) is 0 Å². The maximum Gasteiger partial charge on any atom is 0.147 e. The molecule has 1 atom stereocenters. The molecule has 0 aliphatic carbocycles. The lowest BCUT2D eigenvalue weighted by atomic mass is 10.1. The van der Waals surface area contributed by atoms with Crippen molar-refractivity contribution < 1.29 is 4.74 Å². The molecule has 2 aliphatic heterocycles. The minimum absolute atomic E-state index is 0.451. The molecular formula is C17H20N4O. The third-order valence-electron chi connectivity index (χ3n) is 4.27. The van der Waals surface area contributed by atoms with Crippen LogP contribution in [0.2, 0.25) is 0 Å². The first-order valence-electron chi connectivity index (χ1n) is 7.83.